The van der Waals surface area contributed by atoms with Crippen LogP contribution >= 0.6 is 0 Å². The van der Waals surface area contributed by atoms with Crippen molar-refractivity contribution >= 4 is 11.7 Å². The van der Waals surface area contributed by atoms with Crippen LogP contribution < -0.4 is 9.64 Å². The molecule has 4 nitrogen and oxygen atoms in total. The van der Waals surface area contributed by atoms with Gasteiger partial charge in [0.2, 0.25) is 0 Å². The fourth-order valence-corrected chi connectivity index (χ4v) is 2.29. The molecule has 22 heavy (non-hydrogen) atoms. The maximum atomic E-state index is 11.4. The molecule has 0 spiro atoms. The van der Waals surface area contributed by atoms with E-state index in [4.69, 9.17) is 4.74 Å². The molecule has 0 aliphatic carbocycles. The lowest BCUT2D eigenvalue weighted by molar-refractivity contribution is -0.138. The molecular formula is C18H21NO3. The zero-order valence-corrected chi connectivity index (χ0v) is 12.9. The van der Waals surface area contributed by atoms with E-state index in [0.717, 1.165) is 17.9 Å². The zero-order valence-electron chi connectivity index (χ0n) is 12.9. The summed E-state index contributed by atoms with van der Waals surface area (Å²) in [5, 5.41) is 9.34. The van der Waals surface area contributed by atoms with Crippen LogP contribution in [0.2, 0.25) is 0 Å². The monoisotopic (exact) mass is 299 g/mol. The maximum absolute atomic E-state index is 11.4. The van der Waals surface area contributed by atoms with E-state index in [1.807, 2.05) is 66.4 Å². The summed E-state index contributed by atoms with van der Waals surface area (Å²) in [5.41, 5.74) is 0.795. The molecule has 116 valence electrons. The smallest absolute Gasteiger partial charge is 0.326 e. The third-order valence-corrected chi connectivity index (χ3v) is 3.44. The molecule has 0 saturated heterocycles. The fraction of sp³-hybridized carbons (Fsp3) is 0.278. The molecule has 2 aromatic carbocycles. The van der Waals surface area contributed by atoms with Crippen LogP contribution in [0.25, 0.3) is 0 Å². The van der Waals surface area contributed by atoms with Crippen molar-refractivity contribution in [1.29, 1.82) is 0 Å². The van der Waals surface area contributed by atoms with Crippen molar-refractivity contribution in [3.63, 3.8) is 0 Å². The van der Waals surface area contributed by atoms with Crippen LogP contribution in [0.5, 0.6) is 11.5 Å². The van der Waals surface area contributed by atoms with E-state index in [0.29, 0.717) is 12.3 Å². The van der Waals surface area contributed by atoms with Crippen molar-refractivity contribution in [2.75, 3.05) is 11.4 Å². The highest BCUT2D eigenvalue weighted by atomic mass is 16.5. The van der Waals surface area contributed by atoms with Crippen molar-refractivity contribution in [3.05, 3.63) is 54.6 Å². The Morgan fingerprint density at radius 2 is 1.77 bits per heavy atom. The van der Waals surface area contributed by atoms with Crippen LogP contribution in [0.1, 0.15) is 20.3 Å². The fourth-order valence-electron chi connectivity index (χ4n) is 2.29. The van der Waals surface area contributed by atoms with Crippen LogP contribution in [0.3, 0.4) is 0 Å². The maximum Gasteiger partial charge on any atom is 0.326 e. The summed E-state index contributed by atoms with van der Waals surface area (Å²) in [5.74, 6) is 0.549. The molecule has 2 rings (SSSR count). The lowest BCUT2D eigenvalue weighted by Gasteiger charge is -2.29. The Balaban J connectivity index is 2.34. The first-order valence-electron chi connectivity index (χ1n) is 7.45. The summed E-state index contributed by atoms with van der Waals surface area (Å²) in [7, 11) is 0. The van der Waals surface area contributed by atoms with Gasteiger partial charge in [-0.25, -0.2) is 4.79 Å². The first kappa shape index (κ1) is 15.9. The molecule has 1 atom stereocenters. The third kappa shape index (κ3) is 3.79. The molecule has 0 bridgehead atoms. The molecule has 0 radical (unpaired) electrons. The minimum Gasteiger partial charge on any atom is -0.480 e. The van der Waals surface area contributed by atoms with Crippen molar-refractivity contribution in [2.45, 2.75) is 26.3 Å². The number of anilines is 1. The number of carbonyl (C=O) groups is 1. The molecule has 1 unspecified atom stereocenters. The summed E-state index contributed by atoms with van der Waals surface area (Å²) in [4.78, 5) is 13.2. The van der Waals surface area contributed by atoms with Gasteiger partial charge < -0.3 is 14.7 Å². The average Bonchev–Trinajstić information content (AvgIpc) is 2.54. The van der Waals surface area contributed by atoms with Crippen LogP contribution in [-0.4, -0.2) is 23.7 Å². The van der Waals surface area contributed by atoms with Crippen molar-refractivity contribution in [2.24, 2.45) is 0 Å². The van der Waals surface area contributed by atoms with Crippen molar-refractivity contribution in [1.82, 2.24) is 0 Å². The first-order valence-corrected chi connectivity index (χ1v) is 7.45. The summed E-state index contributed by atoms with van der Waals surface area (Å²) >= 11 is 0. The Hall–Kier alpha value is -2.49. The number of aliphatic carboxylic acids is 1. The minimum absolute atomic E-state index is 0.611. The number of carboxylic acids is 1. The predicted octanol–water partition coefficient (Wildman–Crippen LogP) is 4.17. The van der Waals surface area contributed by atoms with Crippen LogP contribution in [-0.2, 0) is 4.79 Å². The van der Waals surface area contributed by atoms with Crippen LogP contribution in [0, 0.1) is 0 Å². The molecule has 1 N–H and O–H groups in total. The van der Waals surface area contributed by atoms with Gasteiger partial charge in [0.15, 0.2) is 5.75 Å². The molecule has 0 aliphatic rings. The Bertz CT molecular complexity index is 613. The molecule has 0 amide bonds. The number of ether oxygens (including phenoxy) is 1. The second-order valence-electron chi connectivity index (χ2n) is 5.09. The Kier molecular flexibility index (Phi) is 5.42. The second-order valence-corrected chi connectivity index (χ2v) is 5.09. The lowest BCUT2D eigenvalue weighted by Crippen LogP contribution is -2.39. The second kappa shape index (κ2) is 7.50. The molecule has 0 aliphatic heterocycles. The van der Waals surface area contributed by atoms with E-state index in [1.54, 1.807) is 6.92 Å². The highest BCUT2D eigenvalue weighted by Gasteiger charge is 2.23. The van der Waals surface area contributed by atoms with Gasteiger partial charge in [0.25, 0.3) is 0 Å². The molecule has 0 heterocycles. The highest BCUT2D eigenvalue weighted by Crippen LogP contribution is 2.33. The van der Waals surface area contributed by atoms with E-state index in [2.05, 4.69) is 0 Å². The number of para-hydroxylation sites is 3. The summed E-state index contributed by atoms with van der Waals surface area (Å²) in [6.45, 7) is 4.38. The third-order valence-electron chi connectivity index (χ3n) is 3.44. The Morgan fingerprint density at radius 3 is 2.41 bits per heavy atom. The van der Waals surface area contributed by atoms with E-state index >= 15 is 0 Å². The number of hydrogen-bond acceptors (Lipinski definition) is 3. The molecule has 0 saturated carbocycles. The van der Waals surface area contributed by atoms with E-state index in [9.17, 15) is 9.90 Å². The quantitative estimate of drug-likeness (QED) is 0.833. The minimum atomic E-state index is -0.844. The topological polar surface area (TPSA) is 49.8 Å². The molecular weight excluding hydrogens is 278 g/mol. The van der Waals surface area contributed by atoms with Gasteiger partial charge in [-0.05, 0) is 37.6 Å². The van der Waals surface area contributed by atoms with E-state index < -0.39 is 12.0 Å². The normalized spacial score (nSPS) is 11.7. The van der Waals surface area contributed by atoms with Gasteiger partial charge in [0, 0.05) is 6.54 Å². The van der Waals surface area contributed by atoms with Gasteiger partial charge in [-0.15, -0.1) is 0 Å². The van der Waals surface area contributed by atoms with E-state index in [-0.39, 0.29) is 0 Å². The predicted molar refractivity (Wildman–Crippen MR) is 87.7 cm³/mol. The molecule has 0 aromatic heterocycles. The number of carboxylic acid groups (broad SMARTS) is 1. The lowest BCUT2D eigenvalue weighted by atomic mass is 10.2. The van der Waals surface area contributed by atoms with Crippen LogP contribution in [0.4, 0.5) is 5.69 Å². The van der Waals surface area contributed by atoms with Gasteiger partial charge in [0.1, 0.15) is 11.8 Å². The van der Waals surface area contributed by atoms with E-state index in [1.165, 1.54) is 0 Å². The summed E-state index contributed by atoms with van der Waals surface area (Å²) in [6, 6.07) is 16.4. The van der Waals surface area contributed by atoms with Crippen molar-refractivity contribution in [3.8, 4) is 11.5 Å². The van der Waals surface area contributed by atoms with Crippen LogP contribution in [0.15, 0.2) is 54.6 Å². The average molecular weight is 299 g/mol. The molecule has 0 fully saturated rings. The van der Waals surface area contributed by atoms with Crippen molar-refractivity contribution < 1.29 is 14.6 Å². The van der Waals surface area contributed by atoms with Gasteiger partial charge in [0.05, 0.1) is 5.69 Å². The van der Waals surface area contributed by atoms with Gasteiger partial charge >= 0.3 is 5.97 Å². The summed E-state index contributed by atoms with van der Waals surface area (Å²) < 4.78 is 5.93. The first-order chi connectivity index (χ1) is 10.6. The molecule has 2 aromatic rings. The number of rotatable bonds is 7. The number of benzene rings is 2. The standard InChI is InChI=1S/C18H21NO3/c1-3-13-19(14(2)18(20)21)16-11-7-8-12-17(16)22-15-9-5-4-6-10-15/h4-12,14H,3,13H2,1-2H3,(H,20,21). The van der Waals surface area contributed by atoms with Gasteiger partial charge in [-0.1, -0.05) is 37.3 Å². The Labute approximate surface area is 131 Å². The number of nitrogens with zero attached hydrogens (tertiary/aromatic N) is 1. The zero-order chi connectivity index (χ0) is 15.9. The Morgan fingerprint density at radius 1 is 1.14 bits per heavy atom. The SMILES string of the molecule is CCCN(c1ccccc1Oc1ccccc1)C(C)C(=O)O. The molecule has 4 heteroatoms. The largest absolute Gasteiger partial charge is 0.480 e. The van der Waals surface area contributed by atoms with Gasteiger partial charge in [-0.3, -0.25) is 0 Å². The number of hydrogen-bond donors (Lipinski definition) is 1. The van der Waals surface area contributed by atoms with Gasteiger partial charge in [-0.2, -0.15) is 0 Å². The highest BCUT2D eigenvalue weighted by molar-refractivity contribution is 5.79. The summed E-state index contributed by atoms with van der Waals surface area (Å²) in [6.07, 6.45) is 0.858.